The van der Waals surface area contributed by atoms with Crippen molar-refractivity contribution in [3.8, 4) is 0 Å². The molecule has 3 N–H and O–H groups in total. The molecule has 3 rings (SSSR count). The molecule has 2 aromatic rings. The molecule has 0 bridgehead atoms. The van der Waals surface area contributed by atoms with Gasteiger partial charge in [-0.2, -0.15) is 0 Å². The zero-order chi connectivity index (χ0) is 14.3. The number of nitrogens with one attached hydrogen (secondary N) is 1. The molecule has 1 aliphatic rings. The summed E-state index contributed by atoms with van der Waals surface area (Å²) in [6.45, 7) is 1.72. The van der Waals surface area contributed by atoms with Crippen LogP contribution < -0.4 is 5.32 Å². The van der Waals surface area contributed by atoms with Gasteiger partial charge < -0.3 is 20.3 Å². The zero-order valence-electron chi connectivity index (χ0n) is 11.3. The minimum Gasteiger partial charge on any atom is -0.394 e. The molecule has 108 valence electrons. The lowest BCUT2D eigenvalue weighted by Crippen LogP contribution is -2.25. The average molecular weight is 279 g/mol. The summed E-state index contributed by atoms with van der Waals surface area (Å²) in [4.78, 5) is 12.6. The standard InChI is InChI=1S/C12H17N5O3/c1-6-7(3-18)20-12(9(6)19)17-5-16-8-10(13-2)14-4-15-11(8)17/h4-7,9,12,18-19H,3H2,1-2H3,(H,13,14,15)/t6?,7-,9?,12-/m1/s1. The number of imidazole rings is 1. The number of aliphatic hydroxyl groups excluding tert-OH is 2. The maximum atomic E-state index is 10.3. The molecule has 0 aliphatic carbocycles. The Balaban J connectivity index is 2.03. The van der Waals surface area contributed by atoms with E-state index in [9.17, 15) is 10.2 Å². The highest BCUT2D eigenvalue weighted by Crippen LogP contribution is 2.35. The van der Waals surface area contributed by atoms with Gasteiger partial charge in [0.15, 0.2) is 17.7 Å². The summed E-state index contributed by atoms with van der Waals surface area (Å²) in [6.07, 6.45) is 1.28. The van der Waals surface area contributed by atoms with Crippen molar-refractivity contribution < 1.29 is 14.9 Å². The predicted molar refractivity (Wildman–Crippen MR) is 71.0 cm³/mol. The lowest BCUT2D eigenvalue weighted by atomic mass is 10.0. The maximum absolute atomic E-state index is 10.3. The van der Waals surface area contributed by atoms with Crippen LogP contribution in [0.25, 0.3) is 11.2 Å². The number of aromatic nitrogens is 4. The fourth-order valence-corrected chi connectivity index (χ4v) is 2.52. The molecule has 20 heavy (non-hydrogen) atoms. The van der Waals surface area contributed by atoms with E-state index in [1.165, 1.54) is 6.33 Å². The van der Waals surface area contributed by atoms with Gasteiger partial charge in [0.1, 0.15) is 17.9 Å². The highest BCUT2D eigenvalue weighted by molar-refractivity contribution is 5.82. The van der Waals surface area contributed by atoms with Crippen molar-refractivity contribution in [1.29, 1.82) is 0 Å². The Morgan fingerprint density at radius 2 is 2.20 bits per heavy atom. The van der Waals surface area contributed by atoms with Crippen LogP contribution in [0.15, 0.2) is 12.7 Å². The molecule has 1 saturated heterocycles. The van der Waals surface area contributed by atoms with Crippen LogP contribution in [0.2, 0.25) is 0 Å². The number of anilines is 1. The van der Waals surface area contributed by atoms with Gasteiger partial charge in [-0.05, 0) is 0 Å². The van der Waals surface area contributed by atoms with E-state index in [-0.39, 0.29) is 12.5 Å². The van der Waals surface area contributed by atoms with Crippen molar-refractivity contribution in [2.24, 2.45) is 5.92 Å². The zero-order valence-corrected chi connectivity index (χ0v) is 11.3. The first kappa shape index (κ1) is 13.2. The smallest absolute Gasteiger partial charge is 0.167 e. The molecular formula is C12H17N5O3. The molecule has 2 unspecified atom stereocenters. The van der Waals surface area contributed by atoms with E-state index >= 15 is 0 Å². The first-order valence-corrected chi connectivity index (χ1v) is 6.47. The van der Waals surface area contributed by atoms with Gasteiger partial charge >= 0.3 is 0 Å². The van der Waals surface area contributed by atoms with Crippen LogP contribution in [0.5, 0.6) is 0 Å². The van der Waals surface area contributed by atoms with Crippen molar-refractivity contribution in [2.75, 3.05) is 19.0 Å². The number of nitrogens with zero attached hydrogens (tertiary/aromatic N) is 4. The van der Waals surface area contributed by atoms with Crippen LogP contribution in [-0.2, 0) is 4.74 Å². The third kappa shape index (κ3) is 1.84. The van der Waals surface area contributed by atoms with E-state index in [1.807, 2.05) is 6.92 Å². The second kappa shape index (κ2) is 4.97. The Bertz CT molecular complexity index is 616. The number of fused-ring (bicyclic) bond motifs is 1. The number of hydrogen-bond acceptors (Lipinski definition) is 7. The summed E-state index contributed by atoms with van der Waals surface area (Å²) in [5, 5.41) is 22.5. The Morgan fingerprint density at radius 3 is 2.85 bits per heavy atom. The first-order valence-electron chi connectivity index (χ1n) is 6.47. The second-order valence-corrected chi connectivity index (χ2v) is 4.89. The third-order valence-electron chi connectivity index (χ3n) is 3.78. The van der Waals surface area contributed by atoms with Crippen molar-refractivity contribution in [2.45, 2.75) is 25.4 Å². The van der Waals surface area contributed by atoms with Gasteiger partial charge in [-0.3, -0.25) is 4.57 Å². The van der Waals surface area contributed by atoms with E-state index in [1.54, 1.807) is 17.9 Å². The highest BCUT2D eigenvalue weighted by Gasteiger charge is 2.42. The van der Waals surface area contributed by atoms with Gasteiger partial charge in [0.2, 0.25) is 0 Å². The van der Waals surface area contributed by atoms with Crippen LogP contribution >= 0.6 is 0 Å². The number of rotatable bonds is 3. The van der Waals surface area contributed by atoms with E-state index in [4.69, 9.17) is 4.74 Å². The summed E-state index contributed by atoms with van der Waals surface area (Å²) in [5.41, 5.74) is 1.20. The molecule has 0 spiro atoms. The van der Waals surface area contributed by atoms with Crippen molar-refractivity contribution in [1.82, 2.24) is 19.5 Å². The Labute approximate surface area is 115 Å². The lowest BCUT2D eigenvalue weighted by Gasteiger charge is -2.16. The van der Waals surface area contributed by atoms with E-state index < -0.39 is 18.4 Å². The quantitative estimate of drug-likeness (QED) is 0.711. The summed E-state index contributed by atoms with van der Waals surface area (Å²) in [6, 6.07) is 0. The number of hydrogen-bond donors (Lipinski definition) is 3. The fourth-order valence-electron chi connectivity index (χ4n) is 2.52. The Morgan fingerprint density at radius 1 is 1.40 bits per heavy atom. The summed E-state index contributed by atoms with van der Waals surface area (Å²) >= 11 is 0. The summed E-state index contributed by atoms with van der Waals surface area (Å²) in [7, 11) is 1.76. The molecule has 0 amide bonds. The minimum atomic E-state index is -0.724. The van der Waals surface area contributed by atoms with Gasteiger partial charge in [0.05, 0.1) is 19.0 Å². The fraction of sp³-hybridized carbons (Fsp3) is 0.583. The largest absolute Gasteiger partial charge is 0.394 e. The molecule has 1 aliphatic heterocycles. The normalized spacial score (nSPS) is 30.0. The molecule has 8 heteroatoms. The van der Waals surface area contributed by atoms with Crippen molar-refractivity contribution in [3.05, 3.63) is 12.7 Å². The molecular weight excluding hydrogens is 262 g/mol. The maximum Gasteiger partial charge on any atom is 0.167 e. The van der Waals surface area contributed by atoms with Gasteiger partial charge in [-0.25, -0.2) is 15.0 Å². The Kier molecular flexibility index (Phi) is 3.28. The Hall–Kier alpha value is -1.77. The molecule has 0 radical (unpaired) electrons. The van der Waals surface area contributed by atoms with E-state index in [0.717, 1.165) is 0 Å². The minimum absolute atomic E-state index is 0.127. The first-order chi connectivity index (χ1) is 9.67. The molecule has 2 aromatic heterocycles. The van der Waals surface area contributed by atoms with Crippen LogP contribution in [-0.4, -0.2) is 55.6 Å². The van der Waals surface area contributed by atoms with Crippen LogP contribution in [0.1, 0.15) is 13.2 Å². The molecule has 8 nitrogen and oxygen atoms in total. The molecule has 1 fully saturated rings. The SMILES string of the molecule is CNc1ncnc2c1ncn2[C@@H]1O[C@H](CO)C(C)C1O. The lowest BCUT2D eigenvalue weighted by molar-refractivity contribution is -0.0491. The molecule has 3 heterocycles. The molecule has 0 saturated carbocycles. The van der Waals surface area contributed by atoms with Crippen LogP contribution in [0, 0.1) is 5.92 Å². The third-order valence-corrected chi connectivity index (χ3v) is 3.78. The van der Waals surface area contributed by atoms with Gasteiger partial charge in [-0.15, -0.1) is 0 Å². The summed E-state index contributed by atoms with van der Waals surface area (Å²) in [5.74, 6) is 0.459. The number of aliphatic hydroxyl groups is 2. The number of ether oxygens (including phenoxy) is 1. The van der Waals surface area contributed by atoms with Gasteiger partial charge in [0.25, 0.3) is 0 Å². The van der Waals surface area contributed by atoms with Gasteiger partial charge in [-0.1, -0.05) is 6.92 Å². The molecule has 0 aromatic carbocycles. The van der Waals surface area contributed by atoms with Crippen LogP contribution in [0.3, 0.4) is 0 Å². The van der Waals surface area contributed by atoms with Crippen LogP contribution in [0.4, 0.5) is 5.82 Å². The summed E-state index contributed by atoms with van der Waals surface area (Å²) < 4.78 is 7.38. The van der Waals surface area contributed by atoms with E-state index in [2.05, 4.69) is 20.3 Å². The topological polar surface area (TPSA) is 105 Å². The van der Waals surface area contributed by atoms with Crippen molar-refractivity contribution >= 4 is 17.0 Å². The predicted octanol–water partition coefficient (Wildman–Crippen LogP) is -0.245. The monoisotopic (exact) mass is 279 g/mol. The van der Waals surface area contributed by atoms with Crippen molar-refractivity contribution in [3.63, 3.8) is 0 Å². The van der Waals surface area contributed by atoms with E-state index in [0.29, 0.717) is 17.0 Å². The molecule has 4 atom stereocenters. The van der Waals surface area contributed by atoms with Gasteiger partial charge in [0, 0.05) is 13.0 Å². The highest BCUT2D eigenvalue weighted by atomic mass is 16.5. The second-order valence-electron chi connectivity index (χ2n) is 4.89. The average Bonchev–Trinajstić information content (AvgIpc) is 3.01.